The van der Waals surface area contributed by atoms with Crippen molar-refractivity contribution in [1.82, 2.24) is 15.2 Å². The van der Waals surface area contributed by atoms with Crippen molar-refractivity contribution in [2.75, 3.05) is 13.7 Å². The van der Waals surface area contributed by atoms with Gasteiger partial charge in [0.05, 0.1) is 13.2 Å². The zero-order valence-electron chi connectivity index (χ0n) is 14.6. The van der Waals surface area contributed by atoms with Crippen LogP contribution in [0, 0.1) is 0 Å². The van der Waals surface area contributed by atoms with Crippen molar-refractivity contribution in [3.63, 3.8) is 0 Å². The maximum Gasteiger partial charge on any atom is 0.257 e. The third kappa shape index (κ3) is 3.03. The molecule has 2 aliphatic rings. The van der Waals surface area contributed by atoms with Gasteiger partial charge < -0.3 is 15.0 Å². The molecule has 2 aromatic rings. The number of nitrogens with one attached hydrogen (secondary N) is 1. The second-order valence-electron chi connectivity index (χ2n) is 6.81. The summed E-state index contributed by atoms with van der Waals surface area (Å²) >= 11 is 0. The fraction of sp³-hybridized carbons (Fsp3) is 0.350. The van der Waals surface area contributed by atoms with Crippen LogP contribution in [-0.2, 0) is 17.6 Å². The Balaban J connectivity index is 1.42. The molecule has 134 valence electrons. The molecular weight excluding hydrogens is 330 g/mol. The van der Waals surface area contributed by atoms with E-state index in [1.807, 2.05) is 17.0 Å². The van der Waals surface area contributed by atoms with E-state index in [2.05, 4.69) is 22.4 Å². The molecule has 6 nitrogen and oxygen atoms in total. The van der Waals surface area contributed by atoms with E-state index in [0.29, 0.717) is 18.5 Å². The molecule has 1 atom stereocenters. The number of benzene rings is 1. The molecule has 2 heterocycles. The molecule has 4 rings (SSSR count). The topological polar surface area (TPSA) is 71.5 Å². The van der Waals surface area contributed by atoms with Crippen molar-refractivity contribution in [1.29, 1.82) is 0 Å². The quantitative estimate of drug-likeness (QED) is 0.908. The Labute approximate surface area is 152 Å². The van der Waals surface area contributed by atoms with Gasteiger partial charge in [0, 0.05) is 25.2 Å². The Morgan fingerprint density at radius 2 is 1.88 bits per heavy atom. The van der Waals surface area contributed by atoms with E-state index in [1.54, 1.807) is 18.3 Å². The minimum atomic E-state index is -0.260. The van der Waals surface area contributed by atoms with Gasteiger partial charge in [0.2, 0.25) is 11.8 Å². The van der Waals surface area contributed by atoms with Crippen molar-refractivity contribution in [2.24, 2.45) is 0 Å². The first-order valence-electron chi connectivity index (χ1n) is 8.82. The molecule has 6 heteroatoms. The first-order chi connectivity index (χ1) is 12.7. The monoisotopic (exact) mass is 351 g/mol. The van der Waals surface area contributed by atoms with Crippen LogP contribution in [-0.4, -0.2) is 47.4 Å². The highest BCUT2D eigenvalue weighted by Crippen LogP contribution is 2.28. The van der Waals surface area contributed by atoms with Crippen molar-refractivity contribution in [2.45, 2.75) is 31.3 Å². The van der Waals surface area contributed by atoms with Crippen LogP contribution in [0.25, 0.3) is 0 Å². The summed E-state index contributed by atoms with van der Waals surface area (Å²) in [6, 6.07) is 11.7. The number of aromatic nitrogens is 1. The molecule has 1 aliphatic heterocycles. The van der Waals surface area contributed by atoms with E-state index >= 15 is 0 Å². The number of likely N-dealkylation sites (tertiary alicyclic amines) is 1. The summed E-state index contributed by atoms with van der Waals surface area (Å²) in [6.45, 7) is 0.547. The smallest absolute Gasteiger partial charge is 0.257 e. The summed E-state index contributed by atoms with van der Waals surface area (Å²) in [7, 11) is 1.48. The van der Waals surface area contributed by atoms with Crippen LogP contribution in [0.1, 0.15) is 27.9 Å². The van der Waals surface area contributed by atoms with Gasteiger partial charge in [0.1, 0.15) is 5.56 Å². The number of carbonyl (C=O) groups excluding carboxylic acids is 2. The fourth-order valence-corrected chi connectivity index (χ4v) is 3.93. The number of hydrogen-bond donors (Lipinski definition) is 1. The third-order valence-electron chi connectivity index (χ3n) is 5.17. The molecule has 1 fully saturated rings. The maximum absolute atomic E-state index is 12.5. The lowest BCUT2D eigenvalue weighted by Gasteiger charge is -2.24. The molecular formula is C20H21N3O3. The zero-order chi connectivity index (χ0) is 18.1. The molecule has 1 aromatic carbocycles. The van der Waals surface area contributed by atoms with Crippen LogP contribution < -0.4 is 10.1 Å². The summed E-state index contributed by atoms with van der Waals surface area (Å²) in [4.78, 5) is 31.0. The number of hydrogen-bond acceptors (Lipinski definition) is 4. The second-order valence-corrected chi connectivity index (χ2v) is 6.81. The van der Waals surface area contributed by atoms with Crippen LogP contribution in [0.5, 0.6) is 5.88 Å². The first kappa shape index (κ1) is 16.6. The van der Waals surface area contributed by atoms with Crippen LogP contribution in [0.2, 0.25) is 0 Å². The molecule has 0 bridgehead atoms. The minimum Gasteiger partial charge on any atom is -0.480 e. The van der Waals surface area contributed by atoms with Crippen LogP contribution >= 0.6 is 0 Å². The fourth-order valence-electron chi connectivity index (χ4n) is 3.93. The van der Waals surface area contributed by atoms with Gasteiger partial charge in [0.25, 0.3) is 5.91 Å². The van der Waals surface area contributed by atoms with E-state index in [1.165, 1.54) is 18.2 Å². The second kappa shape index (κ2) is 6.78. The van der Waals surface area contributed by atoms with Crippen molar-refractivity contribution in [3.05, 3.63) is 59.3 Å². The lowest BCUT2D eigenvalue weighted by atomic mass is 10.1. The summed E-state index contributed by atoms with van der Waals surface area (Å²) in [5.74, 6) is 0.132. The summed E-state index contributed by atoms with van der Waals surface area (Å²) in [6.07, 6.45) is 3.69. The molecule has 1 unspecified atom stereocenters. The SMILES string of the molecule is COc1ncccc1C(=O)NC1CC(=O)N(C2Cc3ccccc3C2)C1. The Bertz CT molecular complexity index is 827. The van der Waals surface area contributed by atoms with Crippen molar-refractivity contribution in [3.8, 4) is 5.88 Å². The van der Waals surface area contributed by atoms with Gasteiger partial charge >= 0.3 is 0 Å². The summed E-state index contributed by atoms with van der Waals surface area (Å²) < 4.78 is 5.14. The highest BCUT2D eigenvalue weighted by atomic mass is 16.5. The molecule has 0 radical (unpaired) electrons. The number of nitrogens with zero attached hydrogens (tertiary/aromatic N) is 2. The summed E-state index contributed by atoms with van der Waals surface area (Å²) in [5.41, 5.74) is 3.02. The molecule has 1 aliphatic carbocycles. The average molecular weight is 351 g/mol. The third-order valence-corrected chi connectivity index (χ3v) is 5.17. The standard InChI is InChI=1S/C20H21N3O3/c1-26-20-17(7-4-8-21-20)19(25)22-15-11-18(24)23(12-15)16-9-13-5-2-3-6-14(13)10-16/h2-8,15-16H,9-12H2,1H3,(H,22,25). The van der Waals surface area contributed by atoms with E-state index < -0.39 is 0 Å². The predicted molar refractivity (Wildman–Crippen MR) is 96.0 cm³/mol. The number of ether oxygens (including phenoxy) is 1. The number of pyridine rings is 1. The number of carbonyl (C=O) groups is 2. The van der Waals surface area contributed by atoms with E-state index in [9.17, 15) is 9.59 Å². The van der Waals surface area contributed by atoms with E-state index in [0.717, 1.165) is 12.8 Å². The van der Waals surface area contributed by atoms with Gasteiger partial charge in [0.15, 0.2) is 0 Å². The van der Waals surface area contributed by atoms with Crippen LogP contribution in [0.3, 0.4) is 0 Å². The number of rotatable bonds is 4. The molecule has 1 aromatic heterocycles. The highest BCUT2D eigenvalue weighted by molar-refractivity contribution is 5.97. The van der Waals surface area contributed by atoms with Gasteiger partial charge in [-0.3, -0.25) is 9.59 Å². The lowest BCUT2D eigenvalue weighted by Crippen LogP contribution is -2.41. The largest absolute Gasteiger partial charge is 0.480 e. The minimum absolute atomic E-state index is 0.103. The maximum atomic E-state index is 12.5. The van der Waals surface area contributed by atoms with E-state index in [-0.39, 0.29) is 29.8 Å². The molecule has 0 spiro atoms. The summed E-state index contributed by atoms with van der Waals surface area (Å²) in [5, 5.41) is 2.95. The van der Waals surface area contributed by atoms with Gasteiger partial charge in [-0.2, -0.15) is 0 Å². The molecule has 26 heavy (non-hydrogen) atoms. The molecule has 0 saturated carbocycles. The zero-order valence-corrected chi connectivity index (χ0v) is 14.6. The van der Waals surface area contributed by atoms with Gasteiger partial charge in [-0.15, -0.1) is 0 Å². The highest BCUT2D eigenvalue weighted by Gasteiger charge is 2.37. The Morgan fingerprint density at radius 3 is 2.58 bits per heavy atom. The number of amides is 2. The normalized spacial score (nSPS) is 19.5. The van der Waals surface area contributed by atoms with Crippen molar-refractivity contribution < 1.29 is 14.3 Å². The van der Waals surface area contributed by atoms with E-state index in [4.69, 9.17) is 4.74 Å². The van der Waals surface area contributed by atoms with Crippen LogP contribution in [0.15, 0.2) is 42.6 Å². The molecule has 1 saturated heterocycles. The van der Waals surface area contributed by atoms with Gasteiger partial charge in [-0.1, -0.05) is 24.3 Å². The Kier molecular flexibility index (Phi) is 4.32. The lowest BCUT2D eigenvalue weighted by molar-refractivity contribution is -0.129. The first-order valence-corrected chi connectivity index (χ1v) is 8.82. The predicted octanol–water partition coefficient (Wildman–Crippen LogP) is 1.59. The van der Waals surface area contributed by atoms with Gasteiger partial charge in [-0.25, -0.2) is 4.98 Å². The Morgan fingerprint density at radius 1 is 1.15 bits per heavy atom. The Hall–Kier alpha value is -2.89. The van der Waals surface area contributed by atoms with Gasteiger partial charge in [-0.05, 0) is 36.1 Å². The average Bonchev–Trinajstić information content (AvgIpc) is 3.24. The number of methoxy groups -OCH3 is 1. The van der Waals surface area contributed by atoms with Crippen LogP contribution in [0.4, 0.5) is 0 Å². The van der Waals surface area contributed by atoms with Crippen molar-refractivity contribution >= 4 is 11.8 Å². The molecule has 1 N–H and O–H groups in total. The number of fused-ring (bicyclic) bond motifs is 1. The molecule has 2 amide bonds.